The van der Waals surface area contributed by atoms with E-state index in [9.17, 15) is 9.59 Å². The maximum atomic E-state index is 12.0. The van der Waals surface area contributed by atoms with Gasteiger partial charge in [0.2, 0.25) is 0 Å². The SMILES string of the molecule is CCOC(=O)c1cnc2ccc(Br)cn2c1=O. The summed E-state index contributed by atoms with van der Waals surface area (Å²) in [4.78, 5) is 27.5. The van der Waals surface area contributed by atoms with Crippen LogP contribution in [0.2, 0.25) is 0 Å². The molecular weight excluding hydrogens is 288 g/mol. The average molecular weight is 297 g/mol. The maximum Gasteiger partial charge on any atom is 0.345 e. The lowest BCUT2D eigenvalue weighted by Crippen LogP contribution is -2.24. The third-order valence-corrected chi connectivity index (χ3v) is 2.63. The molecule has 2 heterocycles. The number of hydrogen-bond donors (Lipinski definition) is 0. The van der Waals surface area contributed by atoms with Gasteiger partial charge in [-0.1, -0.05) is 0 Å². The Morgan fingerprint density at radius 3 is 3.00 bits per heavy atom. The van der Waals surface area contributed by atoms with E-state index in [1.165, 1.54) is 10.6 Å². The highest BCUT2D eigenvalue weighted by molar-refractivity contribution is 9.10. The van der Waals surface area contributed by atoms with Crippen molar-refractivity contribution in [3.05, 3.63) is 44.9 Å². The van der Waals surface area contributed by atoms with Crippen LogP contribution in [-0.2, 0) is 4.74 Å². The van der Waals surface area contributed by atoms with Gasteiger partial charge in [0.15, 0.2) is 0 Å². The second-order valence-electron chi connectivity index (χ2n) is 3.27. The fraction of sp³-hybridized carbons (Fsp3) is 0.182. The van der Waals surface area contributed by atoms with E-state index in [4.69, 9.17) is 4.74 Å². The van der Waals surface area contributed by atoms with Crippen LogP contribution in [0.25, 0.3) is 5.65 Å². The van der Waals surface area contributed by atoms with Crippen LogP contribution in [0.3, 0.4) is 0 Å². The Labute approximate surface area is 105 Å². The fourth-order valence-electron chi connectivity index (χ4n) is 1.40. The summed E-state index contributed by atoms with van der Waals surface area (Å²) < 4.78 is 6.82. The van der Waals surface area contributed by atoms with Crippen molar-refractivity contribution < 1.29 is 9.53 Å². The third-order valence-electron chi connectivity index (χ3n) is 2.16. The van der Waals surface area contributed by atoms with Crippen molar-refractivity contribution in [2.45, 2.75) is 6.92 Å². The van der Waals surface area contributed by atoms with Crippen LogP contribution < -0.4 is 5.56 Å². The number of rotatable bonds is 2. The van der Waals surface area contributed by atoms with Crippen molar-refractivity contribution in [3.8, 4) is 0 Å². The normalized spacial score (nSPS) is 10.5. The van der Waals surface area contributed by atoms with Crippen LogP contribution in [0.5, 0.6) is 0 Å². The van der Waals surface area contributed by atoms with E-state index in [1.54, 1.807) is 25.3 Å². The molecule has 88 valence electrons. The maximum absolute atomic E-state index is 12.0. The zero-order valence-corrected chi connectivity index (χ0v) is 10.6. The second-order valence-corrected chi connectivity index (χ2v) is 4.19. The van der Waals surface area contributed by atoms with Crippen molar-refractivity contribution in [1.29, 1.82) is 0 Å². The third kappa shape index (κ3) is 2.21. The second kappa shape index (κ2) is 4.67. The summed E-state index contributed by atoms with van der Waals surface area (Å²) in [5.41, 5.74) is -0.0246. The predicted octanol–water partition coefficient (Wildman–Crippen LogP) is 1.63. The van der Waals surface area contributed by atoms with Crippen molar-refractivity contribution in [2.24, 2.45) is 0 Å². The Balaban J connectivity index is 2.65. The Kier molecular flexibility index (Phi) is 3.23. The summed E-state index contributed by atoms with van der Waals surface area (Å²) >= 11 is 3.26. The molecule has 2 aromatic rings. The molecule has 0 aliphatic rings. The molecule has 0 radical (unpaired) electrons. The standard InChI is InChI=1S/C11H9BrN2O3/c1-2-17-11(16)8-5-13-9-4-3-7(12)6-14(9)10(8)15/h3-6H,2H2,1H3. The molecule has 6 heteroatoms. The average Bonchev–Trinajstić information content (AvgIpc) is 2.30. The Hall–Kier alpha value is -1.69. The highest BCUT2D eigenvalue weighted by Crippen LogP contribution is 2.09. The Morgan fingerprint density at radius 1 is 1.53 bits per heavy atom. The molecule has 0 saturated heterocycles. The van der Waals surface area contributed by atoms with Crippen LogP contribution in [0, 0.1) is 0 Å². The van der Waals surface area contributed by atoms with Gasteiger partial charge in [-0.25, -0.2) is 9.78 Å². The molecule has 0 N–H and O–H groups in total. The van der Waals surface area contributed by atoms with E-state index < -0.39 is 11.5 Å². The number of aromatic nitrogens is 2. The molecule has 0 spiro atoms. The molecule has 0 saturated carbocycles. The molecule has 0 bridgehead atoms. The lowest BCUT2D eigenvalue weighted by molar-refractivity contribution is 0.0523. The molecule has 0 amide bonds. The first-order chi connectivity index (χ1) is 8.13. The minimum absolute atomic E-state index is 0.0672. The molecule has 0 aliphatic heterocycles. The van der Waals surface area contributed by atoms with Crippen LogP contribution >= 0.6 is 15.9 Å². The summed E-state index contributed by atoms with van der Waals surface area (Å²) in [6.07, 6.45) is 2.80. The lowest BCUT2D eigenvalue weighted by Gasteiger charge is -2.04. The van der Waals surface area contributed by atoms with Crippen LogP contribution in [0.15, 0.2) is 33.8 Å². The Bertz CT molecular complexity index is 636. The first-order valence-electron chi connectivity index (χ1n) is 4.97. The van der Waals surface area contributed by atoms with Crippen molar-refractivity contribution in [3.63, 3.8) is 0 Å². The van der Waals surface area contributed by atoms with E-state index >= 15 is 0 Å². The number of fused-ring (bicyclic) bond motifs is 1. The molecular formula is C11H9BrN2O3. The molecule has 0 aromatic carbocycles. The predicted molar refractivity (Wildman–Crippen MR) is 65.1 cm³/mol. The monoisotopic (exact) mass is 296 g/mol. The quantitative estimate of drug-likeness (QED) is 0.791. The summed E-state index contributed by atoms with van der Waals surface area (Å²) in [6, 6.07) is 3.45. The summed E-state index contributed by atoms with van der Waals surface area (Å²) in [5.74, 6) is -0.653. The van der Waals surface area contributed by atoms with Gasteiger partial charge < -0.3 is 4.74 Å². The van der Waals surface area contributed by atoms with Gasteiger partial charge >= 0.3 is 5.97 Å². The van der Waals surface area contributed by atoms with Crippen LogP contribution in [0.1, 0.15) is 17.3 Å². The van der Waals surface area contributed by atoms with Crippen molar-refractivity contribution >= 4 is 27.5 Å². The van der Waals surface area contributed by atoms with Gasteiger partial charge in [0.25, 0.3) is 5.56 Å². The van der Waals surface area contributed by atoms with Gasteiger partial charge in [-0.15, -0.1) is 0 Å². The highest BCUT2D eigenvalue weighted by Gasteiger charge is 2.13. The number of hydrogen-bond acceptors (Lipinski definition) is 4. The topological polar surface area (TPSA) is 60.7 Å². The minimum Gasteiger partial charge on any atom is -0.462 e. The van der Waals surface area contributed by atoms with E-state index in [-0.39, 0.29) is 12.2 Å². The largest absolute Gasteiger partial charge is 0.462 e. The van der Waals surface area contributed by atoms with Gasteiger partial charge in [-0.05, 0) is 35.0 Å². The number of carbonyl (C=O) groups excluding carboxylic acids is 1. The first-order valence-corrected chi connectivity index (χ1v) is 5.77. The van der Waals surface area contributed by atoms with E-state index in [0.29, 0.717) is 5.65 Å². The van der Waals surface area contributed by atoms with Gasteiger partial charge in [0.1, 0.15) is 11.2 Å². The number of nitrogens with zero attached hydrogens (tertiary/aromatic N) is 2. The van der Waals surface area contributed by atoms with E-state index in [2.05, 4.69) is 20.9 Å². The molecule has 5 nitrogen and oxygen atoms in total. The highest BCUT2D eigenvalue weighted by atomic mass is 79.9. The van der Waals surface area contributed by atoms with E-state index in [0.717, 1.165) is 4.47 Å². The zero-order valence-electron chi connectivity index (χ0n) is 9.01. The molecule has 17 heavy (non-hydrogen) atoms. The molecule has 0 atom stereocenters. The molecule has 2 aromatic heterocycles. The number of halogens is 1. The van der Waals surface area contributed by atoms with Crippen molar-refractivity contribution in [2.75, 3.05) is 6.61 Å². The van der Waals surface area contributed by atoms with Gasteiger partial charge in [0.05, 0.1) is 6.61 Å². The smallest absolute Gasteiger partial charge is 0.345 e. The van der Waals surface area contributed by atoms with Crippen LogP contribution in [0.4, 0.5) is 0 Å². The number of esters is 1. The number of pyridine rings is 1. The van der Waals surface area contributed by atoms with Gasteiger partial charge in [-0.2, -0.15) is 0 Å². The summed E-state index contributed by atoms with van der Waals surface area (Å²) in [6.45, 7) is 1.90. The Morgan fingerprint density at radius 2 is 2.29 bits per heavy atom. The zero-order chi connectivity index (χ0) is 12.4. The van der Waals surface area contributed by atoms with Gasteiger partial charge in [0, 0.05) is 16.9 Å². The number of carbonyl (C=O) groups is 1. The fourth-order valence-corrected chi connectivity index (χ4v) is 1.74. The molecule has 0 fully saturated rings. The first kappa shape index (κ1) is 11.8. The minimum atomic E-state index is -0.653. The lowest BCUT2D eigenvalue weighted by atomic mass is 10.3. The molecule has 2 rings (SSSR count). The number of ether oxygens (including phenoxy) is 1. The molecule has 0 unspecified atom stereocenters. The van der Waals surface area contributed by atoms with Crippen molar-refractivity contribution in [1.82, 2.24) is 9.38 Å². The molecule has 0 aliphatic carbocycles. The summed E-state index contributed by atoms with van der Waals surface area (Å²) in [5, 5.41) is 0. The van der Waals surface area contributed by atoms with E-state index in [1.807, 2.05) is 0 Å². The van der Waals surface area contributed by atoms with Crippen LogP contribution in [-0.4, -0.2) is 22.0 Å². The van der Waals surface area contributed by atoms with Gasteiger partial charge in [-0.3, -0.25) is 9.20 Å². The summed E-state index contributed by atoms with van der Waals surface area (Å²) in [7, 11) is 0.